The predicted molar refractivity (Wildman–Crippen MR) is 90.8 cm³/mol. The van der Waals surface area contributed by atoms with Crippen LogP contribution in [0.4, 0.5) is 0 Å². The molecule has 1 aliphatic carbocycles. The van der Waals surface area contributed by atoms with Crippen LogP contribution in [0, 0.1) is 0 Å². The van der Waals surface area contributed by atoms with Gasteiger partial charge < -0.3 is 14.8 Å². The molecule has 0 aromatic heterocycles. The molecule has 1 N–H and O–H groups in total. The van der Waals surface area contributed by atoms with Gasteiger partial charge >= 0.3 is 0 Å². The molecule has 1 saturated carbocycles. The maximum Gasteiger partial charge on any atom is 0.147 e. The normalized spacial score (nSPS) is 25.3. The number of hydrogen-bond donors (Lipinski definition) is 1. The molecule has 1 aromatic carbocycles. The van der Waals surface area contributed by atoms with Crippen molar-refractivity contribution in [2.24, 2.45) is 0 Å². The van der Waals surface area contributed by atoms with E-state index in [-0.39, 0.29) is 6.10 Å². The molecule has 116 valence electrons. The quantitative estimate of drug-likeness (QED) is 0.742. The van der Waals surface area contributed by atoms with Crippen LogP contribution in [0.2, 0.25) is 0 Å². The lowest BCUT2D eigenvalue weighted by molar-refractivity contribution is 0.0261. The second-order valence-corrected chi connectivity index (χ2v) is 7.71. The molecule has 2 unspecified atom stereocenters. The van der Waals surface area contributed by atoms with E-state index >= 15 is 0 Å². The van der Waals surface area contributed by atoms with E-state index in [1.165, 1.54) is 18.4 Å². The average molecular weight is 419 g/mol. The molecule has 1 aliphatic heterocycles. The molecule has 2 fully saturated rings. The predicted octanol–water partition coefficient (Wildman–Crippen LogP) is 4.41. The van der Waals surface area contributed by atoms with Gasteiger partial charge in [-0.05, 0) is 82.2 Å². The van der Waals surface area contributed by atoms with Crippen molar-refractivity contribution < 1.29 is 9.47 Å². The fraction of sp³-hybridized carbons (Fsp3) is 0.625. The van der Waals surface area contributed by atoms with Crippen LogP contribution in [0.1, 0.15) is 38.2 Å². The first-order chi connectivity index (χ1) is 10.1. The van der Waals surface area contributed by atoms with Crippen molar-refractivity contribution >= 4 is 31.9 Å². The van der Waals surface area contributed by atoms with Gasteiger partial charge in [0.05, 0.1) is 21.2 Å². The van der Waals surface area contributed by atoms with E-state index in [0.29, 0.717) is 12.7 Å². The summed E-state index contributed by atoms with van der Waals surface area (Å²) in [6, 6.07) is 4.99. The number of benzene rings is 1. The Kier molecular flexibility index (Phi) is 5.25. The van der Waals surface area contributed by atoms with E-state index in [4.69, 9.17) is 9.47 Å². The zero-order valence-corrected chi connectivity index (χ0v) is 15.4. The van der Waals surface area contributed by atoms with Crippen LogP contribution in [0.15, 0.2) is 21.1 Å². The number of rotatable bonds is 6. The molecule has 0 radical (unpaired) electrons. The van der Waals surface area contributed by atoms with E-state index in [1.54, 1.807) is 0 Å². The van der Waals surface area contributed by atoms with Crippen molar-refractivity contribution in [1.82, 2.24) is 5.32 Å². The molecule has 3 nitrogen and oxygen atoms in total. The fourth-order valence-corrected chi connectivity index (χ4v) is 4.10. The summed E-state index contributed by atoms with van der Waals surface area (Å²) in [5, 5.41) is 3.53. The second kappa shape index (κ2) is 6.99. The van der Waals surface area contributed by atoms with Gasteiger partial charge in [0.25, 0.3) is 0 Å². The van der Waals surface area contributed by atoms with E-state index in [9.17, 15) is 0 Å². The first kappa shape index (κ1) is 15.8. The summed E-state index contributed by atoms with van der Waals surface area (Å²) < 4.78 is 13.7. The van der Waals surface area contributed by atoms with Crippen LogP contribution in [-0.2, 0) is 11.3 Å². The standard InChI is InChI=1S/C16H21Br2NO2/c1-10-2-5-13(21-10)9-20-16-14(17)6-11(7-15(16)18)8-19-12-3-4-12/h6-7,10,12-13,19H,2-5,8-9H2,1H3. The van der Waals surface area contributed by atoms with Crippen molar-refractivity contribution in [2.75, 3.05) is 6.61 Å². The molecular weight excluding hydrogens is 398 g/mol. The van der Waals surface area contributed by atoms with Crippen molar-refractivity contribution in [3.05, 3.63) is 26.6 Å². The van der Waals surface area contributed by atoms with Crippen molar-refractivity contribution in [1.29, 1.82) is 0 Å². The lowest BCUT2D eigenvalue weighted by Gasteiger charge is -2.16. The molecule has 0 amide bonds. The maximum absolute atomic E-state index is 5.95. The zero-order chi connectivity index (χ0) is 14.8. The first-order valence-electron chi connectivity index (χ1n) is 7.61. The summed E-state index contributed by atoms with van der Waals surface area (Å²) in [5.41, 5.74) is 1.26. The Bertz CT molecular complexity index is 482. The Hall–Kier alpha value is -0.100. The minimum Gasteiger partial charge on any atom is -0.489 e. The van der Waals surface area contributed by atoms with Gasteiger partial charge in [-0.3, -0.25) is 0 Å². The van der Waals surface area contributed by atoms with Crippen molar-refractivity contribution in [3.63, 3.8) is 0 Å². The summed E-state index contributed by atoms with van der Waals surface area (Å²) in [6.45, 7) is 3.64. The summed E-state index contributed by atoms with van der Waals surface area (Å²) >= 11 is 7.24. The summed E-state index contributed by atoms with van der Waals surface area (Å²) in [4.78, 5) is 0. The van der Waals surface area contributed by atoms with E-state index in [2.05, 4.69) is 56.2 Å². The van der Waals surface area contributed by atoms with Crippen LogP contribution in [-0.4, -0.2) is 24.9 Å². The van der Waals surface area contributed by atoms with Crippen LogP contribution in [0.5, 0.6) is 5.75 Å². The van der Waals surface area contributed by atoms with Gasteiger partial charge in [0, 0.05) is 12.6 Å². The Balaban J connectivity index is 1.58. The third kappa shape index (κ3) is 4.44. The topological polar surface area (TPSA) is 30.5 Å². The lowest BCUT2D eigenvalue weighted by Crippen LogP contribution is -2.18. The molecule has 5 heteroatoms. The van der Waals surface area contributed by atoms with Gasteiger partial charge in [0.15, 0.2) is 0 Å². The number of hydrogen-bond acceptors (Lipinski definition) is 3. The summed E-state index contributed by atoms with van der Waals surface area (Å²) in [5.74, 6) is 0.869. The maximum atomic E-state index is 5.95. The number of ether oxygens (including phenoxy) is 2. The monoisotopic (exact) mass is 417 g/mol. The largest absolute Gasteiger partial charge is 0.489 e. The molecular formula is C16H21Br2NO2. The fourth-order valence-electron chi connectivity index (χ4n) is 2.59. The Morgan fingerprint density at radius 3 is 2.48 bits per heavy atom. The average Bonchev–Trinajstić information content (AvgIpc) is 3.17. The van der Waals surface area contributed by atoms with Crippen LogP contribution in [0.3, 0.4) is 0 Å². The molecule has 21 heavy (non-hydrogen) atoms. The highest BCUT2D eigenvalue weighted by molar-refractivity contribution is 9.11. The Labute approximate surface area is 143 Å². The molecule has 2 aliphatic rings. The Morgan fingerprint density at radius 1 is 1.19 bits per heavy atom. The molecule has 0 bridgehead atoms. The molecule has 1 saturated heterocycles. The minimum atomic E-state index is 0.218. The van der Waals surface area contributed by atoms with Gasteiger partial charge in [0.1, 0.15) is 12.4 Å². The molecule has 2 atom stereocenters. The number of nitrogens with one attached hydrogen (secondary N) is 1. The summed E-state index contributed by atoms with van der Waals surface area (Å²) in [6.07, 6.45) is 5.41. The van der Waals surface area contributed by atoms with Crippen molar-refractivity contribution in [2.45, 2.75) is 57.4 Å². The smallest absolute Gasteiger partial charge is 0.147 e. The van der Waals surface area contributed by atoms with E-state index in [0.717, 1.165) is 40.1 Å². The zero-order valence-electron chi connectivity index (χ0n) is 12.2. The minimum absolute atomic E-state index is 0.218. The highest BCUT2D eigenvalue weighted by atomic mass is 79.9. The van der Waals surface area contributed by atoms with E-state index < -0.39 is 0 Å². The third-order valence-corrected chi connectivity index (χ3v) is 5.14. The lowest BCUT2D eigenvalue weighted by atomic mass is 10.2. The van der Waals surface area contributed by atoms with Gasteiger partial charge in [-0.2, -0.15) is 0 Å². The number of halogens is 2. The van der Waals surface area contributed by atoms with Gasteiger partial charge in [-0.15, -0.1) is 0 Å². The second-order valence-electron chi connectivity index (χ2n) is 6.00. The highest BCUT2D eigenvalue weighted by Crippen LogP contribution is 2.35. The van der Waals surface area contributed by atoms with Crippen LogP contribution in [0.25, 0.3) is 0 Å². The highest BCUT2D eigenvalue weighted by Gasteiger charge is 2.23. The SMILES string of the molecule is CC1CCC(COc2c(Br)cc(CNC3CC3)cc2Br)O1. The van der Waals surface area contributed by atoms with Crippen molar-refractivity contribution in [3.8, 4) is 5.75 Å². The molecule has 3 rings (SSSR count). The molecule has 1 aromatic rings. The Morgan fingerprint density at radius 2 is 1.90 bits per heavy atom. The van der Waals surface area contributed by atoms with E-state index in [1.807, 2.05) is 0 Å². The molecule has 1 heterocycles. The van der Waals surface area contributed by atoms with Crippen LogP contribution < -0.4 is 10.1 Å². The van der Waals surface area contributed by atoms with Crippen LogP contribution >= 0.6 is 31.9 Å². The first-order valence-corrected chi connectivity index (χ1v) is 9.20. The summed E-state index contributed by atoms with van der Waals surface area (Å²) in [7, 11) is 0. The van der Waals surface area contributed by atoms with Gasteiger partial charge in [-0.25, -0.2) is 0 Å². The van der Waals surface area contributed by atoms with Gasteiger partial charge in [-0.1, -0.05) is 0 Å². The third-order valence-electron chi connectivity index (χ3n) is 3.96. The van der Waals surface area contributed by atoms with Gasteiger partial charge in [0.2, 0.25) is 0 Å². The molecule has 0 spiro atoms.